The summed E-state index contributed by atoms with van der Waals surface area (Å²) in [5.41, 5.74) is 0. The van der Waals surface area contributed by atoms with Gasteiger partial charge in [-0.2, -0.15) is 0 Å². The fourth-order valence-electron chi connectivity index (χ4n) is 1.60. The standard InChI is InChI=1S/C9H17NO4/c11-2-4-14-3-1-10-6-8(7-10)5-9(12)13/h8,11H,1-7H2,(H,12,13). The number of carboxylic acid groups (broad SMARTS) is 1. The molecular weight excluding hydrogens is 186 g/mol. The fraction of sp³-hybridized carbons (Fsp3) is 0.889. The van der Waals surface area contributed by atoms with Gasteiger partial charge in [0.1, 0.15) is 0 Å². The van der Waals surface area contributed by atoms with Gasteiger partial charge in [-0.05, 0) is 5.92 Å². The Bertz CT molecular complexity index is 180. The van der Waals surface area contributed by atoms with Crippen LogP contribution in [0.3, 0.4) is 0 Å². The Morgan fingerprint density at radius 3 is 2.71 bits per heavy atom. The monoisotopic (exact) mass is 203 g/mol. The number of rotatable bonds is 7. The van der Waals surface area contributed by atoms with Crippen molar-refractivity contribution in [1.82, 2.24) is 4.90 Å². The van der Waals surface area contributed by atoms with Gasteiger partial charge in [0.25, 0.3) is 0 Å². The third kappa shape index (κ3) is 4.04. The van der Waals surface area contributed by atoms with Gasteiger partial charge in [0, 0.05) is 19.6 Å². The largest absolute Gasteiger partial charge is 0.481 e. The number of aliphatic hydroxyl groups is 1. The molecule has 1 fully saturated rings. The molecule has 0 aromatic rings. The van der Waals surface area contributed by atoms with Crippen LogP contribution in [0, 0.1) is 5.92 Å². The maximum Gasteiger partial charge on any atom is 0.303 e. The molecule has 1 heterocycles. The average molecular weight is 203 g/mol. The van der Waals surface area contributed by atoms with E-state index >= 15 is 0 Å². The molecule has 5 heteroatoms. The Morgan fingerprint density at radius 1 is 1.43 bits per heavy atom. The number of likely N-dealkylation sites (tertiary alicyclic amines) is 1. The fourth-order valence-corrected chi connectivity index (χ4v) is 1.60. The number of hydrogen-bond donors (Lipinski definition) is 2. The van der Waals surface area contributed by atoms with Crippen molar-refractivity contribution in [3.63, 3.8) is 0 Å². The van der Waals surface area contributed by atoms with Crippen molar-refractivity contribution in [2.75, 3.05) is 39.5 Å². The number of ether oxygens (including phenoxy) is 1. The first-order chi connectivity index (χ1) is 6.72. The number of nitrogens with zero attached hydrogens (tertiary/aromatic N) is 1. The Morgan fingerprint density at radius 2 is 2.14 bits per heavy atom. The van der Waals surface area contributed by atoms with Crippen molar-refractivity contribution < 1.29 is 19.7 Å². The van der Waals surface area contributed by atoms with Crippen molar-refractivity contribution in [2.24, 2.45) is 5.92 Å². The molecule has 0 aliphatic carbocycles. The molecule has 1 rings (SSSR count). The molecule has 82 valence electrons. The molecule has 0 amide bonds. The van der Waals surface area contributed by atoms with Crippen LogP contribution < -0.4 is 0 Å². The van der Waals surface area contributed by atoms with Gasteiger partial charge < -0.3 is 19.8 Å². The molecule has 0 aromatic carbocycles. The topological polar surface area (TPSA) is 70.0 Å². The molecule has 2 N–H and O–H groups in total. The Labute approximate surface area is 83.3 Å². The quantitative estimate of drug-likeness (QED) is 0.541. The summed E-state index contributed by atoms with van der Waals surface area (Å²) in [6, 6.07) is 0. The smallest absolute Gasteiger partial charge is 0.303 e. The van der Waals surface area contributed by atoms with Gasteiger partial charge in [-0.25, -0.2) is 0 Å². The summed E-state index contributed by atoms with van der Waals surface area (Å²) in [4.78, 5) is 12.5. The van der Waals surface area contributed by atoms with E-state index < -0.39 is 5.97 Å². The summed E-state index contributed by atoms with van der Waals surface area (Å²) in [5, 5.41) is 17.0. The van der Waals surface area contributed by atoms with E-state index in [4.69, 9.17) is 14.9 Å². The third-order valence-corrected chi connectivity index (χ3v) is 2.28. The Kier molecular flexibility index (Phi) is 4.86. The molecule has 1 saturated heterocycles. The number of carbonyl (C=O) groups is 1. The van der Waals surface area contributed by atoms with E-state index in [1.54, 1.807) is 0 Å². The zero-order valence-corrected chi connectivity index (χ0v) is 8.19. The summed E-state index contributed by atoms with van der Waals surface area (Å²) in [6.45, 7) is 3.59. The maximum absolute atomic E-state index is 10.3. The predicted molar refractivity (Wildman–Crippen MR) is 50.1 cm³/mol. The van der Waals surface area contributed by atoms with E-state index in [1.807, 2.05) is 0 Å². The van der Waals surface area contributed by atoms with Crippen molar-refractivity contribution >= 4 is 5.97 Å². The summed E-state index contributed by atoms with van der Waals surface area (Å²) >= 11 is 0. The van der Waals surface area contributed by atoms with Gasteiger partial charge in [0.2, 0.25) is 0 Å². The van der Waals surface area contributed by atoms with Crippen molar-refractivity contribution in [3.8, 4) is 0 Å². The summed E-state index contributed by atoms with van der Waals surface area (Å²) in [7, 11) is 0. The Hall–Kier alpha value is -0.650. The second-order valence-corrected chi connectivity index (χ2v) is 3.56. The van der Waals surface area contributed by atoms with E-state index in [0.717, 1.165) is 19.6 Å². The number of carboxylic acids is 1. The van der Waals surface area contributed by atoms with Crippen LogP contribution in [0.2, 0.25) is 0 Å². The second-order valence-electron chi connectivity index (χ2n) is 3.56. The van der Waals surface area contributed by atoms with Crippen LogP contribution in [-0.2, 0) is 9.53 Å². The first kappa shape index (κ1) is 11.4. The number of aliphatic carboxylic acids is 1. The van der Waals surface area contributed by atoms with Crippen LogP contribution in [0.15, 0.2) is 0 Å². The molecule has 0 radical (unpaired) electrons. The summed E-state index contributed by atoms with van der Waals surface area (Å²) in [6.07, 6.45) is 0.272. The van der Waals surface area contributed by atoms with Gasteiger partial charge in [0.05, 0.1) is 26.2 Å². The lowest BCUT2D eigenvalue weighted by molar-refractivity contribution is -0.139. The predicted octanol–water partition coefficient (Wildman–Crippen LogP) is -0.598. The van der Waals surface area contributed by atoms with E-state index in [2.05, 4.69) is 4.90 Å². The molecule has 5 nitrogen and oxygen atoms in total. The highest BCUT2D eigenvalue weighted by Gasteiger charge is 2.27. The van der Waals surface area contributed by atoms with Crippen LogP contribution in [0.4, 0.5) is 0 Å². The summed E-state index contributed by atoms with van der Waals surface area (Å²) < 4.78 is 5.10. The molecular formula is C9H17NO4. The van der Waals surface area contributed by atoms with Gasteiger partial charge >= 0.3 is 5.97 Å². The van der Waals surface area contributed by atoms with Gasteiger partial charge in [-0.15, -0.1) is 0 Å². The van der Waals surface area contributed by atoms with Gasteiger partial charge in [0.15, 0.2) is 0 Å². The minimum absolute atomic E-state index is 0.0572. The SMILES string of the molecule is O=C(O)CC1CN(CCOCCO)C1. The van der Waals surface area contributed by atoms with Crippen LogP contribution in [0.1, 0.15) is 6.42 Å². The highest BCUT2D eigenvalue weighted by molar-refractivity contribution is 5.67. The normalized spacial score (nSPS) is 18.1. The highest BCUT2D eigenvalue weighted by atomic mass is 16.5. The van der Waals surface area contributed by atoms with E-state index in [-0.39, 0.29) is 13.0 Å². The third-order valence-electron chi connectivity index (χ3n) is 2.28. The minimum Gasteiger partial charge on any atom is -0.481 e. The average Bonchev–Trinajstić information content (AvgIpc) is 2.06. The maximum atomic E-state index is 10.3. The zero-order valence-electron chi connectivity index (χ0n) is 8.19. The van der Waals surface area contributed by atoms with Gasteiger partial charge in [-0.1, -0.05) is 0 Å². The van der Waals surface area contributed by atoms with Crippen LogP contribution >= 0.6 is 0 Å². The van der Waals surface area contributed by atoms with Crippen molar-refractivity contribution in [1.29, 1.82) is 0 Å². The van der Waals surface area contributed by atoms with Crippen molar-refractivity contribution in [2.45, 2.75) is 6.42 Å². The van der Waals surface area contributed by atoms with Gasteiger partial charge in [-0.3, -0.25) is 4.79 Å². The lowest BCUT2D eigenvalue weighted by atomic mass is 9.97. The van der Waals surface area contributed by atoms with Crippen molar-refractivity contribution in [3.05, 3.63) is 0 Å². The molecule has 0 unspecified atom stereocenters. The van der Waals surface area contributed by atoms with Crippen LogP contribution in [-0.4, -0.2) is 60.5 Å². The first-order valence-corrected chi connectivity index (χ1v) is 4.85. The second kappa shape index (κ2) is 5.95. The molecule has 0 saturated carbocycles. The summed E-state index contributed by atoms with van der Waals surface area (Å²) in [5.74, 6) is -0.406. The first-order valence-electron chi connectivity index (χ1n) is 4.85. The molecule has 0 bridgehead atoms. The van der Waals surface area contributed by atoms with E-state index in [1.165, 1.54) is 0 Å². The molecule has 0 spiro atoms. The molecule has 14 heavy (non-hydrogen) atoms. The number of hydrogen-bond acceptors (Lipinski definition) is 4. The number of aliphatic hydroxyl groups excluding tert-OH is 1. The van der Waals surface area contributed by atoms with Crippen LogP contribution in [0.25, 0.3) is 0 Å². The zero-order chi connectivity index (χ0) is 10.4. The minimum atomic E-state index is -0.716. The molecule has 1 aliphatic rings. The van der Waals surface area contributed by atoms with E-state index in [0.29, 0.717) is 19.1 Å². The molecule has 0 atom stereocenters. The lowest BCUT2D eigenvalue weighted by Crippen LogP contribution is -2.48. The molecule has 0 aromatic heterocycles. The highest BCUT2D eigenvalue weighted by Crippen LogP contribution is 2.17. The Balaban J connectivity index is 1.91. The lowest BCUT2D eigenvalue weighted by Gasteiger charge is -2.38. The van der Waals surface area contributed by atoms with Crippen LogP contribution in [0.5, 0.6) is 0 Å². The molecule has 1 aliphatic heterocycles. The van der Waals surface area contributed by atoms with E-state index in [9.17, 15) is 4.79 Å².